The van der Waals surface area contributed by atoms with E-state index < -0.39 is 0 Å². The minimum atomic E-state index is 0.289. The van der Waals surface area contributed by atoms with E-state index in [1.165, 1.54) is 0 Å². The third-order valence-corrected chi connectivity index (χ3v) is 4.20. The van der Waals surface area contributed by atoms with Crippen molar-refractivity contribution in [3.05, 3.63) is 11.8 Å². The topological polar surface area (TPSA) is 71.5 Å². The lowest BCUT2D eigenvalue weighted by atomic mass is 10.2. The van der Waals surface area contributed by atoms with Crippen molar-refractivity contribution >= 4 is 11.8 Å². The zero-order chi connectivity index (χ0) is 15.9. The molecule has 0 radical (unpaired) electrons. The van der Waals surface area contributed by atoms with Crippen LogP contribution >= 0.6 is 0 Å². The van der Waals surface area contributed by atoms with Gasteiger partial charge >= 0.3 is 0 Å². The van der Waals surface area contributed by atoms with Crippen LogP contribution in [0.4, 0.5) is 11.8 Å². The minimum absolute atomic E-state index is 0.289. The molecular weight excluding hydrogens is 294 g/mol. The number of morpholine rings is 1. The van der Waals surface area contributed by atoms with Gasteiger partial charge in [-0.2, -0.15) is 4.98 Å². The van der Waals surface area contributed by atoms with E-state index in [0.29, 0.717) is 5.95 Å². The highest BCUT2D eigenvalue weighted by Gasteiger charge is 2.15. The van der Waals surface area contributed by atoms with E-state index in [4.69, 9.17) is 9.47 Å². The normalized spacial score (nSPS) is 22.2. The van der Waals surface area contributed by atoms with Crippen LogP contribution in [0, 0.1) is 6.92 Å². The molecule has 7 heteroatoms. The average Bonchev–Trinajstić information content (AvgIpc) is 3.07. The number of rotatable bonds is 7. The minimum Gasteiger partial charge on any atom is -0.379 e. The zero-order valence-corrected chi connectivity index (χ0v) is 13.9. The number of aromatic nitrogens is 2. The second-order valence-electron chi connectivity index (χ2n) is 6.11. The van der Waals surface area contributed by atoms with Crippen molar-refractivity contribution in [1.82, 2.24) is 14.9 Å². The molecule has 0 aliphatic carbocycles. The lowest BCUT2D eigenvalue weighted by molar-refractivity contribution is 0.0398. The zero-order valence-electron chi connectivity index (χ0n) is 13.9. The third-order valence-electron chi connectivity index (χ3n) is 4.20. The molecule has 2 N–H and O–H groups in total. The molecule has 0 saturated carbocycles. The summed E-state index contributed by atoms with van der Waals surface area (Å²) in [6, 6.07) is 1.98. The number of ether oxygens (including phenoxy) is 2. The van der Waals surface area contributed by atoms with Crippen LogP contribution in [0.5, 0.6) is 0 Å². The molecule has 0 bridgehead atoms. The Morgan fingerprint density at radius 2 is 2.09 bits per heavy atom. The summed E-state index contributed by atoms with van der Waals surface area (Å²) in [4.78, 5) is 11.4. The summed E-state index contributed by atoms with van der Waals surface area (Å²) in [7, 11) is 0. The van der Waals surface area contributed by atoms with E-state index in [9.17, 15) is 0 Å². The van der Waals surface area contributed by atoms with Crippen LogP contribution in [-0.4, -0.2) is 73.5 Å². The number of hydrogen-bond donors (Lipinski definition) is 2. The van der Waals surface area contributed by atoms with Crippen LogP contribution in [0.2, 0.25) is 0 Å². The van der Waals surface area contributed by atoms with E-state index in [2.05, 4.69) is 25.5 Å². The maximum Gasteiger partial charge on any atom is 0.224 e. The summed E-state index contributed by atoms with van der Waals surface area (Å²) < 4.78 is 11.0. The molecule has 0 spiro atoms. The SMILES string of the molecule is Cc1cc(NCCN2CCOCC2)nc(NCC2CCCO2)n1. The van der Waals surface area contributed by atoms with Crippen molar-refractivity contribution in [1.29, 1.82) is 0 Å². The van der Waals surface area contributed by atoms with Crippen molar-refractivity contribution in [2.75, 3.05) is 63.2 Å². The molecule has 2 aliphatic heterocycles. The number of nitrogens with zero attached hydrogens (tertiary/aromatic N) is 3. The lowest BCUT2D eigenvalue weighted by Crippen LogP contribution is -2.39. The van der Waals surface area contributed by atoms with Gasteiger partial charge in [-0.3, -0.25) is 4.90 Å². The summed E-state index contributed by atoms with van der Waals surface area (Å²) in [5.41, 5.74) is 0.962. The van der Waals surface area contributed by atoms with Crippen LogP contribution in [0.25, 0.3) is 0 Å². The Labute approximate surface area is 137 Å². The van der Waals surface area contributed by atoms with Crippen LogP contribution in [0.15, 0.2) is 6.07 Å². The van der Waals surface area contributed by atoms with Crippen LogP contribution < -0.4 is 10.6 Å². The van der Waals surface area contributed by atoms with Gasteiger partial charge in [0.15, 0.2) is 0 Å². The van der Waals surface area contributed by atoms with Gasteiger partial charge < -0.3 is 20.1 Å². The van der Waals surface area contributed by atoms with Crippen molar-refractivity contribution in [3.8, 4) is 0 Å². The molecule has 0 aromatic carbocycles. The van der Waals surface area contributed by atoms with Crippen LogP contribution in [-0.2, 0) is 9.47 Å². The number of anilines is 2. The second-order valence-corrected chi connectivity index (χ2v) is 6.11. The number of nitrogens with one attached hydrogen (secondary N) is 2. The molecule has 2 fully saturated rings. The van der Waals surface area contributed by atoms with Gasteiger partial charge in [0.25, 0.3) is 0 Å². The highest BCUT2D eigenvalue weighted by atomic mass is 16.5. The Hall–Kier alpha value is -1.44. The maximum absolute atomic E-state index is 5.62. The fraction of sp³-hybridized carbons (Fsp3) is 0.750. The molecule has 128 valence electrons. The van der Waals surface area contributed by atoms with E-state index in [-0.39, 0.29) is 6.10 Å². The van der Waals surface area contributed by atoms with Gasteiger partial charge in [-0.05, 0) is 19.8 Å². The first-order chi connectivity index (χ1) is 11.3. The molecule has 23 heavy (non-hydrogen) atoms. The highest BCUT2D eigenvalue weighted by molar-refractivity contribution is 5.42. The fourth-order valence-corrected chi connectivity index (χ4v) is 2.92. The Kier molecular flexibility index (Phi) is 6.01. The molecule has 2 saturated heterocycles. The molecule has 1 aromatic heterocycles. The molecule has 3 rings (SSSR count). The summed E-state index contributed by atoms with van der Waals surface area (Å²) >= 11 is 0. The van der Waals surface area contributed by atoms with Gasteiger partial charge in [0.05, 0.1) is 19.3 Å². The van der Waals surface area contributed by atoms with Crippen LogP contribution in [0.3, 0.4) is 0 Å². The van der Waals surface area contributed by atoms with Gasteiger partial charge in [0.2, 0.25) is 5.95 Å². The molecule has 1 aromatic rings. The van der Waals surface area contributed by atoms with Gasteiger partial charge in [0.1, 0.15) is 5.82 Å². The lowest BCUT2D eigenvalue weighted by Gasteiger charge is -2.26. The maximum atomic E-state index is 5.62. The molecule has 1 atom stereocenters. The second kappa shape index (κ2) is 8.42. The standard InChI is InChI=1S/C16H27N5O2/c1-13-11-15(17-4-5-21-6-9-22-10-7-21)20-16(19-13)18-12-14-3-2-8-23-14/h11,14H,2-10,12H2,1H3,(H2,17,18,19,20). The highest BCUT2D eigenvalue weighted by Crippen LogP contribution is 2.14. The predicted molar refractivity (Wildman–Crippen MR) is 90.0 cm³/mol. The van der Waals surface area contributed by atoms with Gasteiger partial charge in [-0.1, -0.05) is 0 Å². The Bertz CT molecular complexity index is 487. The van der Waals surface area contributed by atoms with Crippen molar-refractivity contribution < 1.29 is 9.47 Å². The first-order valence-electron chi connectivity index (χ1n) is 8.55. The van der Waals surface area contributed by atoms with Crippen LogP contribution in [0.1, 0.15) is 18.5 Å². The van der Waals surface area contributed by atoms with Crippen molar-refractivity contribution in [2.24, 2.45) is 0 Å². The Morgan fingerprint density at radius 3 is 2.87 bits per heavy atom. The number of aryl methyl sites for hydroxylation is 1. The summed E-state index contributed by atoms with van der Waals surface area (Å²) in [6.07, 6.45) is 2.55. The van der Waals surface area contributed by atoms with E-state index in [1.54, 1.807) is 0 Å². The quantitative estimate of drug-likeness (QED) is 0.780. The van der Waals surface area contributed by atoms with E-state index >= 15 is 0 Å². The molecule has 1 unspecified atom stereocenters. The average molecular weight is 321 g/mol. The Balaban J connectivity index is 1.46. The third kappa shape index (κ3) is 5.30. The first-order valence-corrected chi connectivity index (χ1v) is 8.55. The van der Waals surface area contributed by atoms with E-state index in [1.807, 2.05) is 13.0 Å². The van der Waals surface area contributed by atoms with Crippen molar-refractivity contribution in [3.63, 3.8) is 0 Å². The number of hydrogen-bond acceptors (Lipinski definition) is 7. The molecule has 0 amide bonds. The molecule has 2 aliphatic rings. The Morgan fingerprint density at radius 1 is 1.22 bits per heavy atom. The van der Waals surface area contributed by atoms with Gasteiger partial charge in [0, 0.05) is 51.1 Å². The predicted octanol–water partition coefficient (Wildman–Crippen LogP) is 1.12. The molecular formula is C16H27N5O2. The monoisotopic (exact) mass is 321 g/mol. The molecule has 3 heterocycles. The van der Waals surface area contributed by atoms with E-state index in [0.717, 1.165) is 76.9 Å². The molecule has 7 nitrogen and oxygen atoms in total. The fourth-order valence-electron chi connectivity index (χ4n) is 2.92. The van der Waals surface area contributed by atoms with Gasteiger partial charge in [-0.15, -0.1) is 0 Å². The summed E-state index contributed by atoms with van der Waals surface area (Å²) in [5, 5.41) is 6.69. The van der Waals surface area contributed by atoms with Crippen molar-refractivity contribution in [2.45, 2.75) is 25.9 Å². The van der Waals surface area contributed by atoms with Gasteiger partial charge in [-0.25, -0.2) is 4.98 Å². The summed E-state index contributed by atoms with van der Waals surface area (Å²) in [6.45, 7) is 9.22. The summed E-state index contributed by atoms with van der Waals surface area (Å²) in [5.74, 6) is 1.55. The smallest absolute Gasteiger partial charge is 0.224 e. The largest absolute Gasteiger partial charge is 0.379 e. The first kappa shape index (κ1) is 16.4.